The molecule has 0 radical (unpaired) electrons. The van der Waals surface area contributed by atoms with Crippen LogP contribution in [-0.4, -0.2) is 25.9 Å². The summed E-state index contributed by atoms with van der Waals surface area (Å²) in [4.78, 5) is 23.8. The number of para-hydroxylation sites is 2. The lowest BCUT2D eigenvalue weighted by Crippen LogP contribution is -2.40. The first kappa shape index (κ1) is 24.9. The summed E-state index contributed by atoms with van der Waals surface area (Å²) in [7, 11) is -4.26. The van der Waals surface area contributed by atoms with Gasteiger partial charge in [0, 0.05) is 6.07 Å². The van der Waals surface area contributed by atoms with E-state index in [9.17, 15) is 23.3 Å². The number of nitro groups is 1. The van der Waals surface area contributed by atoms with Gasteiger partial charge in [0.05, 0.1) is 15.5 Å². The second-order valence-corrected chi connectivity index (χ2v) is 9.55. The molecule has 3 aromatic carbocycles. The summed E-state index contributed by atoms with van der Waals surface area (Å²) in [6.45, 7) is 3.21. The molecule has 1 amide bonds. The smallest absolute Gasteiger partial charge is 0.310 e. The molecule has 0 unspecified atom stereocenters. The van der Waals surface area contributed by atoms with Crippen molar-refractivity contribution in [2.24, 2.45) is 0 Å². The van der Waals surface area contributed by atoms with Gasteiger partial charge in [-0.25, -0.2) is 8.42 Å². The van der Waals surface area contributed by atoms with Crippen molar-refractivity contribution in [1.29, 1.82) is 0 Å². The molecular weight excluding hydrogens is 456 g/mol. The number of unbranched alkanes of at least 4 members (excludes halogenated alkanes) is 1. The van der Waals surface area contributed by atoms with Gasteiger partial charge in [0.2, 0.25) is 0 Å². The Bertz CT molecular complexity index is 1260. The van der Waals surface area contributed by atoms with E-state index in [4.69, 9.17) is 4.74 Å². The Labute approximate surface area is 199 Å². The average molecular weight is 483 g/mol. The minimum atomic E-state index is -4.26. The number of sulfonamides is 1. The molecule has 34 heavy (non-hydrogen) atoms. The first-order chi connectivity index (χ1) is 16.2. The van der Waals surface area contributed by atoms with Crippen molar-refractivity contribution in [1.82, 2.24) is 0 Å². The molecule has 0 saturated heterocycles. The Morgan fingerprint density at radius 2 is 1.65 bits per heavy atom. The van der Waals surface area contributed by atoms with Gasteiger partial charge in [0.25, 0.3) is 15.9 Å². The largest absolute Gasteiger partial charge is 0.477 e. The molecule has 0 aliphatic carbocycles. The number of ether oxygens (including phenoxy) is 1. The minimum Gasteiger partial charge on any atom is -0.477 e. The molecule has 178 valence electrons. The fraction of sp³-hybridized carbons (Fsp3) is 0.240. The van der Waals surface area contributed by atoms with Crippen molar-refractivity contribution in [2.75, 3.05) is 10.9 Å². The first-order valence-electron chi connectivity index (χ1n) is 10.8. The molecule has 0 heterocycles. The maximum absolute atomic E-state index is 13.5. The molecule has 0 aliphatic heterocycles. The third-order valence-corrected chi connectivity index (χ3v) is 6.95. The van der Waals surface area contributed by atoms with Crippen LogP contribution in [0.25, 0.3) is 0 Å². The number of anilines is 1. The van der Waals surface area contributed by atoms with Gasteiger partial charge in [-0.15, -0.1) is 0 Å². The van der Waals surface area contributed by atoms with Crippen molar-refractivity contribution >= 4 is 27.3 Å². The van der Waals surface area contributed by atoms with Crippen molar-refractivity contribution in [3.63, 3.8) is 0 Å². The number of carbonyl (C=O) groups is 1. The van der Waals surface area contributed by atoms with Crippen molar-refractivity contribution in [2.45, 2.75) is 38.0 Å². The lowest BCUT2D eigenvalue weighted by atomic mass is 10.1. The summed E-state index contributed by atoms with van der Waals surface area (Å²) in [5.41, 5.74) is 1.75. The van der Waals surface area contributed by atoms with E-state index < -0.39 is 27.5 Å². The molecule has 0 atom stereocenters. The molecule has 0 saturated carbocycles. The highest BCUT2D eigenvalue weighted by atomic mass is 32.2. The highest BCUT2D eigenvalue weighted by molar-refractivity contribution is 7.93. The van der Waals surface area contributed by atoms with Crippen LogP contribution in [0.1, 0.15) is 30.9 Å². The molecule has 0 bridgehead atoms. The summed E-state index contributed by atoms with van der Waals surface area (Å²) in [6.07, 6.45) is 2.86. The lowest BCUT2D eigenvalue weighted by Gasteiger charge is -2.23. The van der Waals surface area contributed by atoms with Gasteiger partial charge in [0.15, 0.2) is 12.4 Å². The molecule has 8 nitrogen and oxygen atoms in total. The predicted octanol–water partition coefficient (Wildman–Crippen LogP) is 5.05. The van der Waals surface area contributed by atoms with E-state index >= 15 is 0 Å². The lowest BCUT2D eigenvalue weighted by molar-refractivity contribution is -0.385. The normalized spacial score (nSPS) is 11.1. The van der Waals surface area contributed by atoms with Gasteiger partial charge >= 0.3 is 5.69 Å². The van der Waals surface area contributed by atoms with Crippen LogP contribution in [0.2, 0.25) is 0 Å². The number of hydrogen-bond acceptors (Lipinski definition) is 6. The van der Waals surface area contributed by atoms with Gasteiger partial charge in [-0.1, -0.05) is 55.3 Å². The molecule has 0 spiro atoms. The van der Waals surface area contributed by atoms with Crippen LogP contribution >= 0.6 is 0 Å². The standard InChI is InChI=1S/C25H26N2O6S/c1-3-4-7-20-12-14-21(15-13-20)26(34(31,32)22-16-10-19(2)11-17-22)25(28)18-33-24-9-6-5-8-23(24)27(29)30/h5-6,8-17H,3-4,7,18H2,1-2H3. The molecule has 0 fully saturated rings. The molecule has 0 aromatic heterocycles. The zero-order valence-corrected chi connectivity index (χ0v) is 19.8. The Hall–Kier alpha value is -3.72. The van der Waals surface area contributed by atoms with Crippen LogP contribution in [0, 0.1) is 17.0 Å². The van der Waals surface area contributed by atoms with Crippen molar-refractivity contribution in [3.8, 4) is 5.75 Å². The number of nitro benzene ring substituents is 1. The van der Waals surface area contributed by atoms with Crippen LogP contribution in [0.4, 0.5) is 11.4 Å². The zero-order valence-electron chi connectivity index (χ0n) is 19.0. The van der Waals surface area contributed by atoms with Gasteiger partial charge in [0.1, 0.15) is 0 Å². The van der Waals surface area contributed by atoms with Crippen LogP contribution in [0.15, 0.2) is 77.7 Å². The number of aryl methyl sites for hydroxylation is 2. The topological polar surface area (TPSA) is 107 Å². The van der Waals surface area contributed by atoms with E-state index in [0.717, 1.165) is 30.4 Å². The average Bonchev–Trinajstić information content (AvgIpc) is 2.82. The number of benzene rings is 3. The molecule has 9 heteroatoms. The number of carbonyl (C=O) groups excluding carboxylic acids is 1. The quantitative estimate of drug-likeness (QED) is 0.296. The minimum absolute atomic E-state index is 0.0489. The number of nitrogens with zero attached hydrogens (tertiary/aromatic N) is 2. The van der Waals surface area contributed by atoms with Crippen LogP contribution in [-0.2, 0) is 21.2 Å². The fourth-order valence-corrected chi connectivity index (χ4v) is 4.75. The van der Waals surface area contributed by atoms with Crippen LogP contribution in [0.5, 0.6) is 5.75 Å². The van der Waals surface area contributed by atoms with Gasteiger partial charge < -0.3 is 4.74 Å². The third-order valence-electron chi connectivity index (χ3n) is 5.19. The Morgan fingerprint density at radius 1 is 1.00 bits per heavy atom. The molecule has 0 aliphatic rings. The summed E-state index contributed by atoms with van der Waals surface area (Å²) >= 11 is 0. The Kier molecular flexibility index (Phi) is 8.01. The third kappa shape index (κ3) is 5.79. The summed E-state index contributed by atoms with van der Waals surface area (Å²) < 4.78 is 33.0. The maximum atomic E-state index is 13.5. The SMILES string of the molecule is CCCCc1ccc(N(C(=O)COc2ccccc2[N+](=O)[O-])S(=O)(=O)c2ccc(C)cc2)cc1. The zero-order chi connectivity index (χ0) is 24.7. The van der Waals surface area contributed by atoms with Crippen molar-refractivity contribution in [3.05, 3.63) is 94.0 Å². The predicted molar refractivity (Wildman–Crippen MR) is 129 cm³/mol. The summed E-state index contributed by atoms with van der Waals surface area (Å²) in [5, 5.41) is 11.2. The first-order valence-corrected chi connectivity index (χ1v) is 12.3. The molecular formula is C25H26N2O6S. The second kappa shape index (κ2) is 10.9. The molecule has 0 N–H and O–H groups in total. The van der Waals surface area contributed by atoms with Gasteiger partial charge in [-0.05, 0) is 55.7 Å². The van der Waals surface area contributed by atoms with E-state index in [0.29, 0.717) is 4.31 Å². The monoisotopic (exact) mass is 482 g/mol. The summed E-state index contributed by atoms with van der Waals surface area (Å²) in [5.74, 6) is -0.997. The van der Waals surface area contributed by atoms with Crippen LogP contribution < -0.4 is 9.04 Å². The molecule has 3 rings (SSSR count). The van der Waals surface area contributed by atoms with E-state index in [2.05, 4.69) is 6.92 Å². The fourth-order valence-electron chi connectivity index (χ4n) is 3.34. The number of amides is 1. The van der Waals surface area contributed by atoms with Gasteiger partial charge in [-0.3, -0.25) is 14.9 Å². The summed E-state index contributed by atoms with van der Waals surface area (Å²) in [6, 6.07) is 18.5. The van der Waals surface area contributed by atoms with E-state index in [1.165, 1.54) is 36.4 Å². The van der Waals surface area contributed by atoms with E-state index in [1.54, 1.807) is 36.4 Å². The molecule has 3 aromatic rings. The highest BCUT2D eigenvalue weighted by Crippen LogP contribution is 2.28. The van der Waals surface area contributed by atoms with E-state index in [1.807, 2.05) is 6.92 Å². The van der Waals surface area contributed by atoms with Crippen molar-refractivity contribution < 1.29 is 22.9 Å². The number of rotatable bonds is 10. The van der Waals surface area contributed by atoms with Gasteiger partial charge in [-0.2, -0.15) is 4.31 Å². The van der Waals surface area contributed by atoms with Crippen LogP contribution in [0.3, 0.4) is 0 Å². The highest BCUT2D eigenvalue weighted by Gasteiger charge is 2.32. The Morgan fingerprint density at radius 3 is 2.26 bits per heavy atom. The Balaban J connectivity index is 1.95. The maximum Gasteiger partial charge on any atom is 0.310 e. The van der Waals surface area contributed by atoms with E-state index in [-0.39, 0.29) is 22.0 Å². The second-order valence-electron chi connectivity index (χ2n) is 7.76. The number of hydrogen-bond donors (Lipinski definition) is 0.